The lowest BCUT2D eigenvalue weighted by atomic mass is 10.1. The fourth-order valence-corrected chi connectivity index (χ4v) is 2.02. The topological polar surface area (TPSA) is 85.4 Å². The summed E-state index contributed by atoms with van der Waals surface area (Å²) in [6.45, 7) is 0. The summed E-state index contributed by atoms with van der Waals surface area (Å²) in [5.41, 5.74) is 0.892. The Kier molecular flexibility index (Phi) is 3.16. The van der Waals surface area contributed by atoms with Gasteiger partial charge in [0.2, 0.25) is 0 Å². The molecule has 0 aliphatic carbocycles. The molecule has 0 amide bonds. The fraction of sp³-hybridized carbons (Fsp3) is 0. The van der Waals surface area contributed by atoms with Crippen molar-refractivity contribution in [1.82, 2.24) is 0 Å². The number of aromatic hydroxyl groups is 3. The Hall–Kier alpha value is -3.08. The molecule has 0 bridgehead atoms. The third kappa shape index (κ3) is 2.62. The maximum absolute atomic E-state index is 9.94. The highest BCUT2D eigenvalue weighted by atomic mass is 16.3. The summed E-state index contributed by atoms with van der Waals surface area (Å²) in [6, 6.07) is 14.3. The minimum atomic E-state index is 0.00992. The van der Waals surface area contributed by atoms with Gasteiger partial charge in [-0.3, -0.25) is 0 Å². The van der Waals surface area contributed by atoms with E-state index in [0.29, 0.717) is 16.8 Å². The van der Waals surface area contributed by atoms with E-state index in [0.717, 1.165) is 5.39 Å². The molecule has 0 aliphatic rings. The molecule has 3 rings (SSSR count). The van der Waals surface area contributed by atoms with Gasteiger partial charge in [-0.05, 0) is 53.9 Å². The SMILES string of the molecule is Oc1ccc(N=Nc2c(O)ccc3cc(O)ccc23)cc1. The van der Waals surface area contributed by atoms with Crippen molar-refractivity contribution in [1.29, 1.82) is 0 Å². The molecule has 0 radical (unpaired) electrons. The van der Waals surface area contributed by atoms with E-state index >= 15 is 0 Å². The first kappa shape index (κ1) is 12.9. The second kappa shape index (κ2) is 5.13. The molecule has 3 N–H and O–H groups in total. The van der Waals surface area contributed by atoms with Crippen molar-refractivity contribution in [2.24, 2.45) is 10.2 Å². The monoisotopic (exact) mass is 280 g/mol. The van der Waals surface area contributed by atoms with E-state index < -0.39 is 0 Å². The normalized spacial score (nSPS) is 11.2. The number of phenols is 3. The number of hydrogen-bond acceptors (Lipinski definition) is 5. The third-order valence-electron chi connectivity index (χ3n) is 3.07. The molecule has 0 atom stereocenters. The smallest absolute Gasteiger partial charge is 0.143 e. The highest BCUT2D eigenvalue weighted by Gasteiger charge is 2.07. The average Bonchev–Trinajstić information content (AvgIpc) is 2.48. The van der Waals surface area contributed by atoms with Crippen molar-refractivity contribution in [3.05, 3.63) is 54.6 Å². The molecule has 0 saturated heterocycles. The van der Waals surface area contributed by atoms with E-state index in [4.69, 9.17) is 0 Å². The Morgan fingerprint density at radius 2 is 1.38 bits per heavy atom. The van der Waals surface area contributed by atoms with Crippen LogP contribution in [0.5, 0.6) is 17.2 Å². The van der Waals surface area contributed by atoms with E-state index in [2.05, 4.69) is 10.2 Å². The zero-order chi connectivity index (χ0) is 14.8. The van der Waals surface area contributed by atoms with Gasteiger partial charge in [0.15, 0.2) is 0 Å². The molecule has 3 aromatic carbocycles. The second-order valence-corrected chi connectivity index (χ2v) is 4.56. The summed E-state index contributed by atoms with van der Waals surface area (Å²) in [4.78, 5) is 0. The van der Waals surface area contributed by atoms with Crippen LogP contribution in [0.3, 0.4) is 0 Å². The van der Waals surface area contributed by atoms with Gasteiger partial charge in [-0.15, -0.1) is 5.11 Å². The van der Waals surface area contributed by atoms with Gasteiger partial charge in [0.25, 0.3) is 0 Å². The molecule has 0 saturated carbocycles. The lowest BCUT2D eigenvalue weighted by molar-refractivity contribution is 0.474. The second-order valence-electron chi connectivity index (χ2n) is 4.56. The molecule has 0 aromatic heterocycles. The van der Waals surface area contributed by atoms with E-state index in [9.17, 15) is 15.3 Å². The number of benzene rings is 3. The maximum Gasteiger partial charge on any atom is 0.143 e. The van der Waals surface area contributed by atoms with E-state index in [-0.39, 0.29) is 17.2 Å². The molecular formula is C16H12N2O3. The zero-order valence-electron chi connectivity index (χ0n) is 10.9. The lowest BCUT2D eigenvalue weighted by Gasteiger charge is -2.04. The van der Waals surface area contributed by atoms with Crippen molar-refractivity contribution < 1.29 is 15.3 Å². The van der Waals surface area contributed by atoms with Crippen molar-refractivity contribution in [2.75, 3.05) is 0 Å². The molecular weight excluding hydrogens is 268 g/mol. The maximum atomic E-state index is 9.94. The third-order valence-corrected chi connectivity index (χ3v) is 3.07. The van der Waals surface area contributed by atoms with Crippen LogP contribution in [-0.2, 0) is 0 Å². The predicted molar refractivity (Wildman–Crippen MR) is 79.6 cm³/mol. The first-order chi connectivity index (χ1) is 10.1. The molecule has 3 aromatic rings. The molecule has 104 valence electrons. The van der Waals surface area contributed by atoms with Crippen LogP contribution in [0.4, 0.5) is 11.4 Å². The van der Waals surface area contributed by atoms with Crippen molar-refractivity contribution in [3.63, 3.8) is 0 Å². The van der Waals surface area contributed by atoms with Crippen LogP contribution in [0, 0.1) is 0 Å². The number of phenolic OH excluding ortho intramolecular Hbond substituents is 3. The molecule has 0 fully saturated rings. The van der Waals surface area contributed by atoms with Crippen molar-refractivity contribution >= 4 is 22.1 Å². The molecule has 0 unspecified atom stereocenters. The van der Waals surface area contributed by atoms with Gasteiger partial charge in [0, 0.05) is 5.39 Å². The number of hydrogen-bond donors (Lipinski definition) is 3. The lowest BCUT2D eigenvalue weighted by Crippen LogP contribution is -1.75. The quantitative estimate of drug-likeness (QED) is 0.609. The standard InChI is InChI=1S/C16H12N2O3/c19-12-4-2-11(3-5-12)17-18-16-14-7-6-13(20)9-10(14)1-8-15(16)21/h1-9,19-21H. The van der Waals surface area contributed by atoms with Gasteiger partial charge in [-0.2, -0.15) is 5.11 Å². The molecule has 0 heterocycles. The Morgan fingerprint density at radius 3 is 2.14 bits per heavy atom. The number of fused-ring (bicyclic) bond motifs is 1. The average molecular weight is 280 g/mol. The number of rotatable bonds is 2. The van der Waals surface area contributed by atoms with E-state index in [1.807, 2.05) is 0 Å². The zero-order valence-corrected chi connectivity index (χ0v) is 10.9. The van der Waals surface area contributed by atoms with Crippen LogP contribution in [0.2, 0.25) is 0 Å². The highest BCUT2D eigenvalue weighted by molar-refractivity contribution is 5.95. The summed E-state index contributed by atoms with van der Waals surface area (Å²) in [6.07, 6.45) is 0. The van der Waals surface area contributed by atoms with Crippen molar-refractivity contribution in [3.8, 4) is 17.2 Å². The van der Waals surface area contributed by atoms with Gasteiger partial charge in [0.1, 0.15) is 22.9 Å². The van der Waals surface area contributed by atoms with Gasteiger partial charge in [-0.1, -0.05) is 6.07 Å². The van der Waals surface area contributed by atoms with Crippen molar-refractivity contribution in [2.45, 2.75) is 0 Å². The van der Waals surface area contributed by atoms with Gasteiger partial charge < -0.3 is 15.3 Å². The summed E-state index contributed by atoms with van der Waals surface area (Å²) in [7, 11) is 0. The summed E-state index contributed by atoms with van der Waals surface area (Å²) >= 11 is 0. The van der Waals surface area contributed by atoms with E-state index in [1.165, 1.54) is 24.3 Å². The van der Waals surface area contributed by atoms with Crippen LogP contribution in [0.1, 0.15) is 0 Å². The van der Waals surface area contributed by atoms with Gasteiger partial charge in [0.05, 0.1) is 5.69 Å². The minimum absolute atomic E-state index is 0.00992. The van der Waals surface area contributed by atoms with Crippen LogP contribution < -0.4 is 0 Å². The van der Waals surface area contributed by atoms with Crippen LogP contribution in [0.15, 0.2) is 64.8 Å². The molecule has 5 heteroatoms. The van der Waals surface area contributed by atoms with Crippen LogP contribution >= 0.6 is 0 Å². The predicted octanol–water partition coefficient (Wildman–Crippen LogP) is 4.37. The summed E-state index contributed by atoms with van der Waals surface area (Å²) in [5.74, 6) is 0.308. The molecule has 0 aliphatic heterocycles. The Balaban J connectivity index is 2.07. The van der Waals surface area contributed by atoms with Gasteiger partial charge >= 0.3 is 0 Å². The number of azo groups is 1. The molecule has 5 nitrogen and oxygen atoms in total. The van der Waals surface area contributed by atoms with Gasteiger partial charge in [-0.25, -0.2) is 0 Å². The van der Waals surface area contributed by atoms with E-state index in [1.54, 1.807) is 30.3 Å². The molecule has 21 heavy (non-hydrogen) atoms. The van der Waals surface area contributed by atoms with Crippen LogP contribution in [0.25, 0.3) is 10.8 Å². The minimum Gasteiger partial charge on any atom is -0.508 e. The largest absolute Gasteiger partial charge is 0.508 e. The molecule has 0 spiro atoms. The number of nitrogens with zero attached hydrogens (tertiary/aromatic N) is 2. The first-order valence-corrected chi connectivity index (χ1v) is 6.29. The Labute approximate surface area is 120 Å². The van der Waals surface area contributed by atoms with Crippen LogP contribution in [-0.4, -0.2) is 15.3 Å². The Morgan fingerprint density at radius 1 is 0.667 bits per heavy atom. The fourth-order valence-electron chi connectivity index (χ4n) is 2.02. The Bertz CT molecular complexity index is 827. The summed E-state index contributed by atoms with van der Waals surface area (Å²) in [5, 5.41) is 38.2. The summed E-state index contributed by atoms with van der Waals surface area (Å²) < 4.78 is 0. The highest BCUT2D eigenvalue weighted by Crippen LogP contribution is 2.37. The first-order valence-electron chi connectivity index (χ1n) is 6.29.